The average Bonchev–Trinajstić information content (AvgIpc) is 2.70. The molecular formula is C22H16N2OSe. The first-order valence-corrected chi connectivity index (χ1v) is 9.99. The SMILES string of the molecule is O=C(Nc1cccc2cccc([Se]c3ccccc3)c12)c1ccccn1. The molecule has 0 aliphatic heterocycles. The zero-order valence-electron chi connectivity index (χ0n) is 13.9. The van der Waals surface area contributed by atoms with Crippen molar-refractivity contribution < 1.29 is 4.79 Å². The minimum absolute atomic E-state index is 0.159. The molecular weight excluding hydrogens is 387 g/mol. The Kier molecular flexibility index (Phi) is 4.78. The van der Waals surface area contributed by atoms with Crippen molar-refractivity contribution >= 4 is 46.2 Å². The van der Waals surface area contributed by atoms with Crippen LogP contribution in [0.5, 0.6) is 0 Å². The van der Waals surface area contributed by atoms with E-state index in [-0.39, 0.29) is 20.9 Å². The van der Waals surface area contributed by atoms with Gasteiger partial charge in [0, 0.05) is 0 Å². The predicted octanol–water partition coefficient (Wildman–Crippen LogP) is 3.14. The topological polar surface area (TPSA) is 42.0 Å². The van der Waals surface area contributed by atoms with Crippen molar-refractivity contribution in [1.82, 2.24) is 4.98 Å². The van der Waals surface area contributed by atoms with Crippen molar-refractivity contribution in [3.8, 4) is 0 Å². The summed E-state index contributed by atoms with van der Waals surface area (Å²) in [6, 6.07) is 28.1. The molecule has 4 rings (SSSR count). The number of benzene rings is 3. The third-order valence-electron chi connectivity index (χ3n) is 3.98. The number of carbonyl (C=O) groups is 1. The van der Waals surface area contributed by atoms with Crippen molar-refractivity contribution in [2.75, 3.05) is 5.32 Å². The molecule has 4 aromatic rings. The summed E-state index contributed by atoms with van der Waals surface area (Å²) in [5.74, 6) is -0.194. The van der Waals surface area contributed by atoms with Gasteiger partial charge in [0.05, 0.1) is 0 Å². The van der Waals surface area contributed by atoms with E-state index in [1.54, 1.807) is 18.3 Å². The third kappa shape index (κ3) is 3.52. The summed E-state index contributed by atoms with van der Waals surface area (Å²) >= 11 is 0.159. The van der Waals surface area contributed by atoms with E-state index in [0.717, 1.165) is 16.5 Å². The van der Waals surface area contributed by atoms with Gasteiger partial charge in [-0.25, -0.2) is 0 Å². The summed E-state index contributed by atoms with van der Waals surface area (Å²) in [7, 11) is 0. The number of amides is 1. The Bertz CT molecular complexity index is 1040. The molecule has 1 heterocycles. The normalized spacial score (nSPS) is 10.6. The average molecular weight is 403 g/mol. The Morgan fingerprint density at radius 1 is 0.808 bits per heavy atom. The summed E-state index contributed by atoms with van der Waals surface area (Å²) in [5, 5.41) is 5.26. The van der Waals surface area contributed by atoms with Crippen LogP contribution in [-0.4, -0.2) is 25.8 Å². The van der Waals surface area contributed by atoms with E-state index in [1.165, 1.54) is 8.92 Å². The maximum atomic E-state index is 12.6. The summed E-state index contributed by atoms with van der Waals surface area (Å²) < 4.78 is 2.55. The van der Waals surface area contributed by atoms with E-state index in [1.807, 2.05) is 24.3 Å². The van der Waals surface area contributed by atoms with Crippen LogP contribution in [0.2, 0.25) is 0 Å². The van der Waals surface area contributed by atoms with E-state index < -0.39 is 0 Å². The van der Waals surface area contributed by atoms with Crippen LogP contribution in [0.4, 0.5) is 5.69 Å². The van der Waals surface area contributed by atoms with Gasteiger partial charge in [-0.2, -0.15) is 0 Å². The number of carbonyl (C=O) groups excluding carboxylic acids is 1. The second-order valence-electron chi connectivity index (χ2n) is 5.74. The number of pyridine rings is 1. The molecule has 0 spiro atoms. The van der Waals surface area contributed by atoms with Crippen LogP contribution >= 0.6 is 0 Å². The van der Waals surface area contributed by atoms with Gasteiger partial charge in [-0.15, -0.1) is 0 Å². The third-order valence-corrected chi connectivity index (χ3v) is 6.22. The van der Waals surface area contributed by atoms with Gasteiger partial charge in [-0.05, 0) is 0 Å². The Morgan fingerprint density at radius 2 is 1.58 bits per heavy atom. The fourth-order valence-electron chi connectivity index (χ4n) is 2.79. The predicted molar refractivity (Wildman–Crippen MR) is 108 cm³/mol. The Hall–Kier alpha value is -2.94. The van der Waals surface area contributed by atoms with Crippen LogP contribution in [0.15, 0.2) is 91.1 Å². The number of nitrogens with one attached hydrogen (secondary N) is 1. The molecule has 4 heteroatoms. The molecule has 0 atom stereocenters. The number of nitrogens with zero attached hydrogens (tertiary/aromatic N) is 1. The number of aromatic nitrogens is 1. The molecule has 1 N–H and O–H groups in total. The van der Waals surface area contributed by atoms with Crippen LogP contribution in [0.3, 0.4) is 0 Å². The zero-order chi connectivity index (χ0) is 17.8. The van der Waals surface area contributed by atoms with Gasteiger partial charge in [-0.3, -0.25) is 0 Å². The Labute approximate surface area is 158 Å². The number of anilines is 1. The fourth-order valence-corrected chi connectivity index (χ4v) is 4.94. The molecule has 126 valence electrons. The van der Waals surface area contributed by atoms with E-state index in [9.17, 15) is 4.79 Å². The van der Waals surface area contributed by atoms with Crippen molar-refractivity contribution in [3.63, 3.8) is 0 Å². The van der Waals surface area contributed by atoms with Gasteiger partial charge < -0.3 is 0 Å². The first-order valence-electron chi connectivity index (χ1n) is 8.28. The van der Waals surface area contributed by atoms with E-state index in [0.29, 0.717) is 5.69 Å². The number of hydrogen-bond donors (Lipinski definition) is 1. The van der Waals surface area contributed by atoms with Gasteiger partial charge in [0.25, 0.3) is 0 Å². The molecule has 1 amide bonds. The molecule has 0 radical (unpaired) electrons. The molecule has 0 aliphatic carbocycles. The molecule has 0 saturated carbocycles. The monoisotopic (exact) mass is 404 g/mol. The van der Waals surface area contributed by atoms with Crippen LogP contribution < -0.4 is 14.2 Å². The van der Waals surface area contributed by atoms with Crippen LogP contribution in [0.1, 0.15) is 10.5 Å². The molecule has 0 unspecified atom stereocenters. The van der Waals surface area contributed by atoms with Gasteiger partial charge in [0.15, 0.2) is 0 Å². The first kappa shape index (κ1) is 16.5. The molecule has 0 bridgehead atoms. The number of rotatable bonds is 4. The molecule has 1 aromatic heterocycles. The van der Waals surface area contributed by atoms with Gasteiger partial charge in [0.1, 0.15) is 0 Å². The van der Waals surface area contributed by atoms with E-state index >= 15 is 0 Å². The Morgan fingerprint density at radius 3 is 2.35 bits per heavy atom. The van der Waals surface area contributed by atoms with Gasteiger partial charge >= 0.3 is 158 Å². The van der Waals surface area contributed by atoms with Gasteiger partial charge in [-0.1, -0.05) is 0 Å². The molecule has 26 heavy (non-hydrogen) atoms. The van der Waals surface area contributed by atoms with Crippen molar-refractivity contribution in [2.24, 2.45) is 0 Å². The van der Waals surface area contributed by atoms with Crippen molar-refractivity contribution in [1.29, 1.82) is 0 Å². The first-order chi connectivity index (χ1) is 12.8. The summed E-state index contributed by atoms with van der Waals surface area (Å²) in [5.41, 5.74) is 1.24. The summed E-state index contributed by atoms with van der Waals surface area (Å²) in [4.78, 5) is 16.7. The van der Waals surface area contributed by atoms with E-state index in [4.69, 9.17) is 0 Å². The number of hydrogen-bond acceptors (Lipinski definition) is 2. The van der Waals surface area contributed by atoms with Gasteiger partial charge in [0.2, 0.25) is 0 Å². The zero-order valence-corrected chi connectivity index (χ0v) is 15.6. The fraction of sp³-hybridized carbons (Fsp3) is 0. The maximum absolute atomic E-state index is 12.6. The van der Waals surface area contributed by atoms with Crippen molar-refractivity contribution in [3.05, 3.63) is 96.8 Å². The minimum atomic E-state index is -0.194. The standard InChI is InChI=1S/C22H16N2OSe/c25-22(19-12-4-5-15-23-19)24-18-13-6-8-16-9-7-14-20(21(16)18)26-17-10-2-1-3-11-17/h1-15H,(H,24,25). The molecule has 0 saturated heterocycles. The summed E-state index contributed by atoms with van der Waals surface area (Å²) in [6.45, 7) is 0. The summed E-state index contributed by atoms with van der Waals surface area (Å²) in [6.07, 6.45) is 1.63. The number of fused-ring (bicyclic) bond motifs is 1. The Balaban J connectivity index is 1.74. The molecule has 3 aromatic carbocycles. The van der Waals surface area contributed by atoms with Crippen LogP contribution in [0, 0.1) is 0 Å². The van der Waals surface area contributed by atoms with Crippen molar-refractivity contribution in [2.45, 2.75) is 0 Å². The second kappa shape index (κ2) is 7.52. The molecule has 3 nitrogen and oxygen atoms in total. The second-order valence-corrected chi connectivity index (χ2v) is 8.08. The van der Waals surface area contributed by atoms with Crippen LogP contribution in [0.25, 0.3) is 10.8 Å². The van der Waals surface area contributed by atoms with E-state index in [2.05, 4.69) is 58.8 Å². The quantitative estimate of drug-likeness (QED) is 0.532. The molecule has 0 aliphatic rings. The molecule has 0 fully saturated rings. The van der Waals surface area contributed by atoms with Crippen LogP contribution in [-0.2, 0) is 0 Å².